The molecular weight excluding hydrogens is 382 g/mol. The summed E-state index contributed by atoms with van der Waals surface area (Å²) in [5.41, 5.74) is 1.22. The third-order valence-electron chi connectivity index (χ3n) is 7.54. The Balaban J connectivity index is 2.23. The summed E-state index contributed by atoms with van der Waals surface area (Å²) < 4.78 is 0. The molecule has 7 unspecified atom stereocenters. The highest BCUT2D eigenvalue weighted by Crippen LogP contribution is 2.56. The van der Waals surface area contributed by atoms with Gasteiger partial charge in [-0.25, -0.2) is 0 Å². The van der Waals surface area contributed by atoms with Gasteiger partial charge in [-0.3, -0.25) is 9.59 Å². The maximum Gasteiger partial charge on any atom is 0.235 e. The van der Waals surface area contributed by atoms with Crippen molar-refractivity contribution in [3.63, 3.8) is 0 Å². The smallest absolute Gasteiger partial charge is 0.235 e. The van der Waals surface area contributed by atoms with Crippen molar-refractivity contribution < 1.29 is 24.9 Å². The van der Waals surface area contributed by atoms with Gasteiger partial charge in [-0.1, -0.05) is 31.1 Å². The fourth-order valence-electron chi connectivity index (χ4n) is 5.91. The molecule has 1 amide bonds. The van der Waals surface area contributed by atoms with Crippen molar-refractivity contribution in [3.8, 4) is 0 Å². The predicted octanol–water partition coefficient (Wildman–Crippen LogP) is 2.27. The molecular formula is C24H37NO5. The molecule has 6 heteroatoms. The van der Waals surface area contributed by atoms with Gasteiger partial charge in [0.05, 0.1) is 18.3 Å². The Bertz CT molecular complexity index is 770. The van der Waals surface area contributed by atoms with Gasteiger partial charge in [0.25, 0.3) is 0 Å². The van der Waals surface area contributed by atoms with E-state index in [1.165, 1.54) is 0 Å². The average molecular weight is 420 g/mol. The number of amides is 1. The first-order valence-corrected chi connectivity index (χ1v) is 11.2. The van der Waals surface area contributed by atoms with Crippen molar-refractivity contribution in [2.24, 2.45) is 23.2 Å². The second kappa shape index (κ2) is 8.56. The van der Waals surface area contributed by atoms with Crippen LogP contribution in [0.5, 0.6) is 0 Å². The van der Waals surface area contributed by atoms with Gasteiger partial charge >= 0.3 is 0 Å². The minimum absolute atomic E-state index is 0.202. The molecule has 3 aliphatic rings. The minimum atomic E-state index is -1.46. The minimum Gasteiger partial charge on any atom is -0.390 e. The topological polar surface area (TPSA) is 107 Å². The fraction of sp³-hybridized carbons (Fsp3) is 0.750. The van der Waals surface area contributed by atoms with Crippen LogP contribution in [-0.4, -0.2) is 51.4 Å². The van der Waals surface area contributed by atoms with E-state index in [2.05, 4.69) is 19.2 Å². The zero-order valence-corrected chi connectivity index (χ0v) is 18.8. The number of carbonyl (C=O) groups excluding carboxylic acids is 2. The van der Waals surface area contributed by atoms with E-state index in [0.717, 1.165) is 23.1 Å². The number of carbonyl (C=O) groups is 2. The lowest BCUT2D eigenvalue weighted by atomic mass is 9.54. The number of hydrogen-bond acceptors (Lipinski definition) is 5. The maximum atomic E-state index is 13.8. The summed E-state index contributed by atoms with van der Waals surface area (Å²) in [4.78, 5) is 27.4. The van der Waals surface area contributed by atoms with Gasteiger partial charge in [0.2, 0.25) is 5.91 Å². The summed E-state index contributed by atoms with van der Waals surface area (Å²) in [7, 11) is 0. The van der Waals surface area contributed by atoms with Gasteiger partial charge in [-0.05, 0) is 57.9 Å². The zero-order chi connectivity index (χ0) is 22.4. The quantitative estimate of drug-likeness (QED) is 0.406. The van der Waals surface area contributed by atoms with Crippen molar-refractivity contribution in [1.82, 2.24) is 5.32 Å². The van der Waals surface area contributed by atoms with Crippen LogP contribution < -0.4 is 5.32 Å². The van der Waals surface area contributed by atoms with E-state index < -0.39 is 29.6 Å². The Morgan fingerprint density at radius 1 is 1.10 bits per heavy atom. The van der Waals surface area contributed by atoms with Gasteiger partial charge in [0.15, 0.2) is 5.78 Å². The first-order valence-electron chi connectivity index (χ1n) is 11.2. The van der Waals surface area contributed by atoms with Crippen LogP contribution in [0.25, 0.3) is 0 Å². The highest BCUT2D eigenvalue weighted by Gasteiger charge is 2.66. The van der Waals surface area contributed by atoms with E-state index in [4.69, 9.17) is 0 Å². The lowest BCUT2D eigenvalue weighted by Gasteiger charge is -2.46. The van der Waals surface area contributed by atoms with Crippen LogP contribution in [0.3, 0.4) is 0 Å². The second-order valence-electron chi connectivity index (χ2n) is 10.1. The van der Waals surface area contributed by atoms with Crippen molar-refractivity contribution in [2.75, 3.05) is 0 Å². The molecule has 2 aliphatic carbocycles. The molecule has 3 rings (SSSR count). The van der Waals surface area contributed by atoms with Gasteiger partial charge in [0.1, 0.15) is 5.41 Å². The number of aliphatic hydroxyl groups excluding tert-OH is 3. The molecule has 168 valence electrons. The Morgan fingerprint density at radius 2 is 1.77 bits per heavy atom. The normalized spacial score (nSPS) is 40.5. The highest BCUT2D eigenvalue weighted by atomic mass is 16.3. The molecule has 30 heavy (non-hydrogen) atoms. The summed E-state index contributed by atoms with van der Waals surface area (Å²) in [6.07, 6.45) is 0.934. The van der Waals surface area contributed by atoms with Crippen LogP contribution in [0, 0.1) is 23.2 Å². The molecule has 1 saturated heterocycles. The zero-order valence-electron chi connectivity index (χ0n) is 18.8. The van der Waals surface area contributed by atoms with Crippen LogP contribution in [0.1, 0.15) is 66.7 Å². The molecule has 1 heterocycles. The van der Waals surface area contributed by atoms with Crippen molar-refractivity contribution >= 4 is 11.7 Å². The first-order chi connectivity index (χ1) is 14.0. The Labute approximate surface area is 179 Å². The molecule has 4 N–H and O–H groups in total. The molecule has 1 spiro atoms. The number of Topliss-reactive ketones (excluding diaryl/α,β-unsaturated/α-hetero) is 1. The van der Waals surface area contributed by atoms with Crippen LogP contribution in [0.4, 0.5) is 0 Å². The predicted molar refractivity (Wildman–Crippen MR) is 114 cm³/mol. The van der Waals surface area contributed by atoms with Crippen LogP contribution >= 0.6 is 0 Å². The summed E-state index contributed by atoms with van der Waals surface area (Å²) in [6, 6.07) is -0.202. The molecule has 1 fully saturated rings. The second-order valence-corrected chi connectivity index (χ2v) is 10.1. The molecule has 1 aliphatic heterocycles. The number of nitrogens with one attached hydrogen (secondary N) is 1. The van der Waals surface area contributed by atoms with E-state index in [0.29, 0.717) is 25.2 Å². The SMILES string of the molecule is CC1=CC2C(O)C(C)=C(C)C3C(CC(C)C)NC(=O)C23C(=O)CC(O)C(O)CCC1. The summed E-state index contributed by atoms with van der Waals surface area (Å²) in [5.74, 6) is -1.47. The lowest BCUT2D eigenvalue weighted by Crippen LogP contribution is -2.56. The number of hydrogen-bond donors (Lipinski definition) is 4. The maximum absolute atomic E-state index is 13.8. The van der Waals surface area contributed by atoms with Crippen molar-refractivity contribution in [3.05, 3.63) is 22.8 Å². The number of ketones is 1. The number of aliphatic hydroxyl groups is 3. The Morgan fingerprint density at radius 3 is 2.40 bits per heavy atom. The Kier molecular flexibility index (Phi) is 6.61. The summed E-state index contributed by atoms with van der Waals surface area (Å²) in [5, 5.41) is 35.2. The van der Waals surface area contributed by atoms with Crippen molar-refractivity contribution in [2.45, 2.75) is 91.1 Å². The van der Waals surface area contributed by atoms with E-state index in [1.54, 1.807) is 0 Å². The molecule has 7 atom stereocenters. The van der Waals surface area contributed by atoms with Crippen LogP contribution in [-0.2, 0) is 9.59 Å². The third-order valence-corrected chi connectivity index (χ3v) is 7.54. The molecule has 0 saturated carbocycles. The molecule has 0 aromatic rings. The summed E-state index contributed by atoms with van der Waals surface area (Å²) >= 11 is 0. The number of allylic oxidation sites excluding steroid dienone is 1. The first kappa shape index (κ1) is 23.2. The van der Waals surface area contributed by atoms with E-state index in [1.807, 2.05) is 26.8 Å². The van der Waals surface area contributed by atoms with E-state index in [-0.39, 0.29) is 30.1 Å². The molecule has 6 nitrogen and oxygen atoms in total. The standard InChI is InChI=1S/C24H37NO5/c1-12(2)9-17-21-14(4)15(5)22(29)16-10-13(3)7-6-8-18(26)19(27)11-20(28)24(16,21)23(30)25-17/h10,12,16-19,21-22,26-27,29H,6-9,11H2,1-5H3,(H,25,30). The summed E-state index contributed by atoms with van der Waals surface area (Å²) in [6.45, 7) is 9.91. The third kappa shape index (κ3) is 3.67. The molecule has 0 aromatic carbocycles. The largest absolute Gasteiger partial charge is 0.390 e. The lowest BCUT2D eigenvalue weighted by molar-refractivity contribution is -0.150. The van der Waals surface area contributed by atoms with Gasteiger partial charge in [-0.15, -0.1) is 0 Å². The average Bonchev–Trinajstić information content (AvgIpc) is 2.94. The molecule has 0 aromatic heterocycles. The van der Waals surface area contributed by atoms with Crippen LogP contribution in [0.2, 0.25) is 0 Å². The highest BCUT2D eigenvalue weighted by molar-refractivity contribution is 6.10. The Hall–Kier alpha value is -1.50. The monoisotopic (exact) mass is 419 g/mol. The van der Waals surface area contributed by atoms with E-state index >= 15 is 0 Å². The van der Waals surface area contributed by atoms with Gasteiger partial charge < -0.3 is 20.6 Å². The van der Waals surface area contributed by atoms with Crippen LogP contribution in [0.15, 0.2) is 22.8 Å². The van der Waals surface area contributed by atoms with E-state index in [9.17, 15) is 24.9 Å². The van der Waals surface area contributed by atoms with Gasteiger partial charge in [-0.2, -0.15) is 0 Å². The molecule has 0 bridgehead atoms. The van der Waals surface area contributed by atoms with Gasteiger partial charge in [0, 0.05) is 24.3 Å². The number of rotatable bonds is 2. The fourth-order valence-corrected chi connectivity index (χ4v) is 5.91. The molecule has 0 radical (unpaired) electrons. The van der Waals surface area contributed by atoms with Crippen molar-refractivity contribution in [1.29, 1.82) is 0 Å².